The molecule has 0 aromatic carbocycles. The van der Waals surface area contributed by atoms with Crippen molar-refractivity contribution < 1.29 is 4.79 Å². The molecule has 2 fully saturated rings. The van der Waals surface area contributed by atoms with E-state index < -0.39 is 0 Å². The summed E-state index contributed by atoms with van der Waals surface area (Å²) in [6.07, 6.45) is 2.38. The van der Waals surface area contributed by atoms with E-state index in [1.54, 1.807) is 0 Å². The maximum absolute atomic E-state index is 11.9. The molecule has 3 heteroatoms. The van der Waals surface area contributed by atoms with Gasteiger partial charge in [0.15, 0.2) is 0 Å². The third-order valence-electron chi connectivity index (χ3n) is 3.06. The molecule has 2 aliphatic rings. The molecule has 2 aliphatic heterocycles. The molecule has 3 nitrogen and oxygen atoms in total. The van der Waals surface area contributed by atoms with Crippen LogP contribution < -0.4 is 0 Å². The molecular formula is C10H18N2O. The van der Waals surface area contributed by atoms with E-state index in [4.69, 9.17) is 0 Å². The van der Waals surface area contributed by atoms with Gasteiger partial charge in [0.2, 0.25) is 0 Å². The Kier molecular flexibility index (Phi) is 1.79. The molecule has 74 valence electrons. The number of fused-ring (bicyclic) bond motifs is 1. The van der Waals surface area contributed by atoms with Gasteiger partial charge in [0.25, 0.3) is 0 Å². The number of rotatable bonds is 0. The lowest BCUT2D eigenvalue weighted by atomic mass is 10.1. The van der Waals surface area contributed by atoms with E-state index in [0.717, 1.165) is 13.1 Å². The van der Waals surface area contributed by atoms with E-state index >= 15 is 0 Å². The number of carbonyl (C=O) groups is 1. The molecule has 2 rings (SSSR count). The number of amides is 2. The summed E-state index contributed by atoms with van der Waals surface area (Å²) < 4.78 is 0. The van der Waals surface area contributed by atoms with Crippen molar-refractivity contribution in [1.82, 2.24) is 9.80 Å². The maximum atomic E-state index is 11.9. The first-order chi connectivity index (χ1) is 6.00. The van der Waals surface area contributed by atoms with E-state index in [-0.39, 0.29) is 11.6 Å². The highest BCUT2D eigenvalue weighted by molar-refractivity contribution is 5.78. The lowest BCUT2D eigenvalue weighted by Crippen LogP contribution is -2.44. The van der Waals surface area contributed by atoms with Gasteiger partial charge in [0, 0.05) is 18.6 Å². The second kappa shape index (κ2) is 2.63. The summed E-state index contributed by atoms with van der Waals surface area (Å²) >= 11 is 0. The van der Waals surface area contributed by atoms with Gasteiger partial charge in [-0.3, -0.25) is 0 Å². The fraction of sp³-hybridized carbons (Fsp3) is 0.900. The predicted octanol–water partition coefficient (Wildman–Crippen LogP) is 1.68. The zero-order chi connectivity index (χ0) is 9.64. The van der Waals surface area contributed by atoms with Crippen molar-refractivity contribution >= 4 is 6.03 Å². The van der Waals surface area contributed by atoms with Crippen LogP contribution >= 0.6 is 0 Å². The molecule has 2 saturated heterocycles. The molecule has 0 N–H and O–H groups in total. The minimum absolute atomic E-state index is 0.0125. The van der Waals surface area contributed by atoms with Crippen LogP contribution in [0.5, 0.6) is 0 Å². The molecule has 0 aliphatic carbocycles. The highest BCUT2D eigenvalue weighted by atomic mass is 16.2. The van der Waals surface area contributed by atoms with Gasteiger partial charge < -0.3 is 9.80 Å². The Morgan fingerprint density at radius 2 is 2.08 bits per heavy atom. The molecule has 0 bridgehead atoms. The van der Waals surface area contributed by atoms with Crippen LogP contribution in [0.4, 0.5) is 4.79 Å². The second-order valence-electron chi connectivity index (χ2n) is 5.05. The van der Waals surface area contributed by atoms with Crippen molar-refractivity contribution in [2.75, 3.05) is 13.1 Å². The normalized spacial score (nSPS) is 28.5. The molecule has 2 heterocycles. The first-order valence-corrected chi connectivity index (χ1v) is 5.08. The van der Waals surface area contributed by atoms with Crippen LogP contribution in [-0.2, 0) is 0 Å². The molecule has 13 heavy (non-hydrogen) atoms. The van der Waals surface area contributed by atoms with Crippen LogP contribution in [0.1, 0.15) is 33.6 Å². The van der Waals surface area contributed by atoms with Gasteiger partial charge >= 0.3 is 6.03 Å². The second-order valence-corrected chi connectivity index (χ2v) is 5.05. The van der Waals surface area contributed by atoms with Crippen LogP contribution in [0.15, 0.2) is 0 Å². The van der Waals surface area contributed by atoms with E-state index in [9.17, 15) is 4.79 Å². The molecular weight excluding hydrogens is 164 g/mol. The van der Waals surface area contributed by atoms with Crippen molar-refractivity contribution in [1.29, 1.82) is 0 Å². The van der Waals surface area contributed by atoms with E-state index in [2.05, 4.69) is 20.8 Å². The predicted molar refractivity (Wildman–Crippen MR) is 51.6 cm³/mol. The molecule has 0 spiro atoms. The monoisotopic (exact) mass is 182 g/mol. The smallest absolute Gasteiger partial charge is 0.320 e. The molecule has 2 amide bonds. The van der Waals surface area contributed by atoms with E-state index in [1.807, 2.05) is 9.80 Å². The summed E-state index contributed by atoms with van der Waals surface area (Å²) in [7, 11) is 0. The zero-order valence-corrected chi connectivity index (χ0v) is 8.71. The average molecular weight is 182 g/mol. The molecule has 0 aromatic rings. The van der Waals surface area contributed by atoms with Gasteiger partial charge in [-0.1, -0.05) is 0 Å². The number of carbonyl (C=O) groups excluding carboxylic acids is 1. The summed E-state index contributed by atoms with van der Waals surface area (Å²) in [5.41, 5.74) is -0.0125. The van der Waals surface area contributed by atoms with Gasteiger partial charge in [-0.25, -0.2) is 4.79 Å². The van der Waals surface area contributed by atoms with Gasteiger partial charge in [-0.2, -0.15) is 0 Å². The standard InChI is InChI=1S/C10H18N2O/c1-10(2,3)12-7-8-5-4-6-11(8)9(12)13/h8H,4-7H2,1-3H3. The molecule has 0 saturated carbocycles. The van der Waals surface area contributed by atoms with Crippen molar-refractivity contribution in [3.05, 3.63) is 0 Å². The summed E-state index contributed by atoms with van der Waals surface area (Å²) in [6.45, 7) is 8.21. The first kappa shape index (κ1) is 8.85. The number of nitrogens with zero attached hydrogens (tertiary/aromatic N) is 2. The van der Waals surface area contributed by atoms with Crippen LogP contribution in [0.3, 0.4) is 0 Å². The summed E-state index contributed by atoms with van der Waals surface area (Å²) in [5.74, 6) is 0. The Hall–Kier alpha value is -0.730. The lowest BCUT2D eigenvalue weighted by molar-refractivity contribution is 0.156. The van der Waals surface area contributed by atoms with Crippen LogP contribution in [0.25, 0.3) is 0 Å². The number of urea groups is 1. The first-order valence-electron chi connectivity index (χ1n) is 5.08. The Bertz CT molecular complexity index is 232. The number of hydrogen-bond acceptors (Lipinski definition) is 1. The van der Waals surface area contributed by atoms with Crippen molar-refractivity contribution in [3.8, 4) is 0 Å². The highest BCUT2D eigenvalue weighted by Gasteiger charge is 2.43. The van der Waals surface area contributed by atoms with Gasteiger partial charge in [-0.05, 0) is 33.6 Å². The molecule has 0 aromatic heterocycles. The maximum Gasteiger partial charge on any atom is 0.320 e. The Labute approximate surface area is 79.7 Å². The van der Waals surface area contributed by atoms with Crippen molar-refractivity contribution in [2.45, 2.75) is 45.2 Å². The Morgan fingerprint density at radius 3 is 2.62 bits per heavy atom. The number of hydrogen-bond donors (Lipinski definition) is 0. The summed E-state index contributed by atoms with van der Waals surface area (Å²) in [5, 5.41) is 0. The summed E-state index contributed by atoms with van der Waals surface area (Å²) in [4.78, 5) is 15.9. The third-order valence-corrected chi connectivity index (χ3v) is 3.06. The van der Waals surface area contributed by atoms with Crippen molar-refractivity contribution in [2.24, 2.45) is 0 Å². The van der Waals surface area contributed by atoms with Gasteiger partial charge in [-0.15, -0.1) is 0 Å². The lowest BCUT2D eigenvalue weighted by Gasteiger charge is -2.31. The molecule has 1 unspecified atom stereocenters. The minimum Gasteiger partial charge on any atom is -0.320 e. The average Bonchev–Trinajstić information content (AvgIpc) is 2.51. The third kappa shape index (κ3) is 1.30. The Balaban J connectivity index is 2.15. The van der Waals surface area contributed by atoms with Gasteiger partial charge in [0.05, 0.1) is 6.04 Å². The van der Waals surface area contributed by atoms with Crippen molar-refractivity contribution in [3.63, 3.8) is 0 Å². The van der Waals surface area contributed by atoms with Gasteiger partial charge in [0.1, 0.15) is 0 Å². The zero-order valence-electron chi connectivity index (χ0n) is 8.71. The van der Waals surface area contributed by atoms with E-state index in [0.29, 0.717) is 6.04 Å². The van der Waals surface area contributed by atoms with Crippen LogP contribution in [0, 0.1) is 0 Å². The SMILES string of the molecule is CC(C)(C)N1CC2CCCN2C1=O. The molecule has 1 atom stereocenters. The van der Waals surface area contributed by atoms with Crippen LogP contribution in [-0.4, -0.2) is 40.5 Å². The highest BCUT2D eigenvalue weighted by Crippen LogP contribution is 2.30. The summed E-state index contributed by atoms with van der Waals surface area (Å²) in [6, 6.07) is 0.752. The minimum atomic E-state index is -0.0125. The fourth-order valence-corrected chi connectivity index (χ4v) is 2.28. The molecule has 0 radical (unpaired) electrons. The topological polar surface area (TPSA) is 23.6 Å². The largest absolute Gasteiger partial charge is 0.320 e. The van der Waals surface area contributed by atoms with E-state index in [1.165, 1.54) is 12.8 Å². The Morgan fingerprint density at radius 1 is 1.38 bits per heavy atom. The fourth-order valence-electron chi connectivity index (χ4n) is 2.28. The van der Waals surface area contributed by atoms with Crippen LogP contribution in [0.2, 0.25) is 0 Å². The quantitative estimate of drug-likeness (QED) is 0.559.